The van der Waals surface area contributed by atoms with Crippen molar-refractivity contribution in [3.05, 3.63) is 71.5 Å². The molecule has 2 amide bonds. The number of carbonyl (C=O) groups excluding carboxylic acids is 1. The van der Waals surface area contributed by atoms with Crippen LogP contribution >= 0.6 is 0 Å². The van der Waals surface area contributed by atoms with Crippen LogP contribution in [0.1, 0.15) is 36.5 Å². The molecule has 160 valence electrons. The lowest BCUT2D eigenvalue weighted by Gasteiger charge is -2.37. The van der Waals surface area contributed by atoms with E-state index in [-0.39, 0.29) is 18.0 Å². The second-order valence-electron chi connectivity index (χ2n) is 8.15. The van der Waals surface area contributed by atoms with Gasteiger partial charge >= 0.3 is 6.03 Å². The number of benzene rings is 2. The number of halogens is 1. The standard InChI is InChI=1S/C24H30FN3O2/c25-21-11-9-20(10-12-21)23-18-28(14-15-30-23)24(29)26-16-22-8-4-5-13-27(22)17-19-6-2-1-3-7-19/h1-3,6-7,9-12,22-23H,4-5,8,13-18H2,(H,26,29). The molecule has 2 aromatic carbocycles. The fourth-order valence-corrected chi connectivity index (χ4v) is 4.35. The Morgan fingerprint density at radius 3 is 2.67 bits per heavy atom. The molecule has 2 fully saturated rings. The fourth-order valence-electron chi connectivity index (χ4n) is 4.35. The number of urea groups is 1. The minimum Gasteiger partial charge on any atom is -0.370 e. The Morgan fingerprint density at radius 2 is 1.87 bits per heavy atom. The fraction of sp³-hybridized carbons (Fsp3) is 0.458. The number of nitrogens with one attached hydrogen (secondary N) is 1. The van der Waals surface area contributed by atoms with Crippen molar-refractivity contribution < 1.29 is 13.9 Å². The van der Waals surface area contributed by atoms with Gasteiger partial charge in [-0.2, -0.15) is 0 Å². The summed E-state index contributed by atoms with van der Waals surface area (Å²) in [5.74, 6) is -0.267. The van der Waals surface area contributed by atoms with Crippen LogP contribution in [0.5, 0.6) is 0 Å². The average Bonchev–Trinajstić information content (AvgIpc) is 2.79. The predicted octanol–water partition coefficient (Wildman–Crippen LogP) is 3.96. The summed E-state index contributed by atoms with van der Waals surface area (Å²) in [6, 6.07) is 17.1. The number of likely N-dealkylation sites (tertiary alicyclic amines) is 1. The third kappa shape index (κ3) is 5.37. The summed E-state index contributed by atoms with van der Waals surface area (Å²) in [7, 11) is 0. The van der Waals surface area contributed by atoms with Gasteiger partial charge in [0, 0.05) is 25.7 Å². The quantitative estimate of drug-likeness (QED) is 0.810. The first-order valence-corrected chi connectivity index (χ1v) is 10.9. The maximum Gasteiger partial charge on any atom is 0.317 e. The first-order chi connectivity index (χ1) is 14.7. The van der Waals surface area contributed by atoms with Crippen LogP contribution in [0.2, 0.25) is 0 Å². The molecule has 30 heavy (non-hydrogen) atoms. The molecular weight excluding hydrogens is 381 g/mol. The van der Waals surface area contributed by atoms with E-state index in [0.717, 1.165) is 25.1 Å². The zero-order valence-electron chi connectivity index (χ0n) is 17.3. The van der Waals surface area contributed by atoms with E-state index >= 15 is 0 Å². The zero-order valence-corrected chi connectivity index (χ0v) is 17.3. The number of piperidine rings is 1. The van der Waals surface area contributed by atoms with E-state index in [1.54, 1.807) is 12.1 Å². The molecule has 0 aliphatic carbocycles. The van der Waals surface area contributed by atoms with Gasteiger partial charge in [-0.3, -0.25) is 4.90 Å². The summed E-state index contributed by atoms with van der Waals surface area (Å²) in [4.78, 5) is 17.1. The summed E-state index contributed by atoms with van der Waals surface area (Å²) in [6.45, 7) is 4.19. The molecule has 0 saturated carbocycles. The monoisotopic (exact) mass is 411 g/mol. The molecule has 2 unspecified atom stereocenters. The van der Waals surface area contributed by atoms with E-state index in [0.29, 0.717) is 32.3 Å². The molecule has 2 saturated heterocycles. The average molecular weight is 412 g/mol. The summed E-state index contributed by atoms with van der Waals surface area (Å²) in [5, 5.41) is 3.15. The summed E-state index contributed by atoms with van der Waals surface area (Å²) < 4.78 is 19.0. The van der Waals surface area contributed by atoms with E-state index < -0.39 is 0 Å². The molecular formula is C24H30FN3O2. The van der Waals surface area contributed by atoms with Crippen LogP contribution in [-0.2, 0) is 11.3 Å². The lowest BCUT2D eigenvalue weighted by atomic mass is 10.0. The highest BCUT2D eigenvalue weighted by Gasteiger charge is 2.27. The summed E-state index contributed by atoms with van der Waals surface area (Å²) in [6.07, 6.45) is 3.30. The molecule has 0 bridgehead atoms. The second-order valence-corrected chi connectivity index (χ2v) is 8.15. The molecule has 2 aliphatic rings. The third-order valence-electron chi connectivity index (χ3n) is 6.06. The Hall–Kier alpha value is -2.44. The number of nitrogens with zero attached hydrogens (tertiary/aromatic N) is 2. The molecule has 2 atom stereocenters. The van der Waals surface area contributed by atoms with Crippen LogP contribution < -0.4 is 5.32 Å². The molecule has 0 spiro atoms. The van der Waals surface area contributed by atoms with Crippen molar-refractivity contribution in [2.45, 2.75) is 38.0 Å². The topological polar surface area (TPSA) is 44.8 Å². The minimum absolute atomic E-state index is 0.0457. The van der Waals surface area contributed by atoms with Gasteiger partial charge in [-0.15, -0.1) is 0 Å². The highest BCUT2D eigenvalue weighted by molar-refractivity contribution is 5.74. The molecule has 0 aromatic heterocycles. The molecule has 5 nitrogen and oxygen atoms in total. The normalized spacial score (nSPS) is 22.6. The summed E-state index contributed by atoms with van der Waals surface area (Å²) >= 11 is 0. The number of amides is 2. The van der Waals surface area contributed by atoms with Crippen LogP contribution in [0.25, 0.3) is 0 Å². The van der Waals surface area contributed by atoms with Gasteiger partial charge in [-0.1, -0.05) is 48.9 Å². The lowest BCUT2D eigenvalue weighted by Crippen LogP contribution is -2.51. The van der Waals surface area contributed by atoms with Crippen molar-refractivity contribution in [1.29, 1.82) is 0 Å². The Morgan fingerprint density at radius 1 is 1.07 bits per heavy atom. The van der Waals surface area contributed by atoms with Gasteiger partial charge in [0.1, 0.15) is 11.9 Å². The van der Waals surface area contributed by atoms with Crippen molar-refractivity contribution in [3.63, 3.8) is 0 Å². The SMILES string of the molecule is O=C(NCC1CCCCN1Cc1ccccc1)N1CCOC(c2ccc(F)cc2)C1. The molecule has 6 heteroatoms. The van der Waals surface area contributed by atoms with Crippen molar-refractivity contribution in [1.82, 2.24) is 15.1 Å². The largest absolute Gasteiger partial charge is 0.370 e. The Balaban J connectivity index is 1.31. The number of morpholine rings is 1. The predicted molar refractivity (Wildman–Crippen MR) is 115 cm³/mol. The van der Waals surface area contributed by atoms with Gasteiger partial charge in [0.25, 0.3) is 0 Å². The Bertz CT molecular complexity index is 815. The van der Waals surface area contributed by atoms with Crippen LogP contribution in [0.15, 0.2) is 54.6 Å². The van der Waals surface area contributed by atoms with Crippen molar-refractivity contribution in [2.75, 3.05) is 32.8 Å². The van der Waals surface area contributed by atoms with Gasteiger partial charge in [-0.25, -0.2) is 9.18 Å². The molecule has 2 aliphatic heterocycles. The first-order valence-electron chi connectivity index (χ1n) is 10.9. The van der Waals surface area contributed by atoms with Crippen molar-refractivity contribution in [2.24, 2.45) is 0 Å². The number of ether oxygens (including phenoxy) is 1. The molecule has 0 radical (unpaired) electrons. The Labute approximate surface area is 177 Å². The van der Waals surface area contributed by atoms with Crippen LogP contribution in [0, 0.1) is 5.82 Å². The van der Waals surface area contributed by atoms with Crippen LogP contribution in [-0.4, -0.2) is 54.7 Å². The van der Waals surface area contributed by atoms with Gasteiger partial charge in [-0.05, 0) is 42.6 Å². The number of carbonyl (C=O) groups is 1. The minimum atomic E-state index is -0.267. The van der Waals surface area contributed by atoms with Gasteiger partial charge in [0.2, 0.25) is 0 Å². The zero-order chi connectivity index (χ0) is 20.8. The van der Waals surface area contributed by atoms with Crippen molar-refractivity contribution in [3.8, 4) is 0 Å². The first kappa shape index (κ1) is 20.8. The van der Waals surface area contributed by atoms with E-state index in [1.165, 1.54) is 30.5 Å². The maximum absolute atomic E-state index is 13.2. The van der Waals surface area contributed by atoms with Crippen LogP contribution in [0.3, 0.4) is 0 Å². The number of hydrogen-bond acceptors (Lipinski definition) is 3. The Kier molecular flexibility index (Phi) is 6.97. The highest BCUT2D eigenvalue weighted by Crippen LogP contribution is 2.23. The molecule has 2 heterocycles. The molecule has 2 aromatic rings. The highest BCUT2D eigenvalue weighted by atomic mass is 19.1. The van der Waals surface area contributed by atoms with E-state index in [9.17, 15) is 9.18 Å². The van der Waals surface area contributed by atoms with E-state index in [2.05, 4.69) is 34.5 Å². The smallest absolute Gasteiger partial charge is 0.317 e. The molecule has 4 rings (SSSR count). The van der Waals surface area contributed by atoms with Crippen molar-refractivity contribution >= 4 is 6.03 Å². The molecule has 1 N–H and O–H groups in total. The maximum atomic E-state index is 13.2. The van der Waals surface area contributed by atoms with E-state index in [4.69, 9.17) is 4.74 Å². The van der Waals surface area contributed by atoms with Gasteiger partial charge in [0.15, 0.2) is 0 Å². The van der Waals surface area contributed by atoms with Crippen LogP contribution in [0.4, 0.5) is 9.18 Å². The van der Waals surface area contributed by atoms with Gasteiger partial charge < -0.3 is 15.0 Å². The van der Waals surface area contributed by atoms with E-state index in [1.807, 2.05) is 11.0 Å². The second kappa shape index (κ2) is 10.0. The summed E-state index contributed by atoms with van der Waals surface area (Å²) in [5.41, 5.74) is 2.21. The third-order valence-corrected chi connectivity index (χ3v) is 6.06. The van der Waals surface area contributed by atoms with Gasteiger partial charge in [0.05, 0.1) is 13.2 Å². The number of rotatable bonds is 5. The number of hydrogen-bond donors (Lipinski definition) is 1. The lowest BCUT2D eigenvalue weighted by molar-refractivity contribution is -0.0157.